The molecule has 0 aliphatic rings. The first kappa shape index (κ1) is 11.7. The van der Waals surface area contributed by atoms with Gasteiger partial charge in [-0.05, 0) is 46.6 Å². The van der Waals surface area contributed by atoms with Crippen molar-refractivity contribution >= 4 is 27.5 Å². The van der Waals surface area contributed by atoms with Crippen molar-refractivity contribution in [1.82, 2.24) is 9.97 Å². The summed E-state index contributed by atoms with van der Waals surface area (Å²) < 4.78 is 0.632. The van der Waals surface area contributed by atoms with Crippen molar-refractivity contribution in [3.8, 4) is 0 Å². The molecule has 2 aromatic rings. The lowest BCUT2D eigenvalue weighted by atomic mass is 10.2. The molecule has 0 aliphatic heterocycles. The van der Waals surface area contributed by atoms with Crippen molar-refractivity contribution in [2.75, 3.05) is 5.32 Å². The fourth-order valence-electron chi connectivity index (χ4n) is 1.32. The second-order valence-electron chi connectivity index (χ2n) is 3.49. The summed E-state index contributed by atoms with van der Waals surface area (Å²) in [5.41, 5.74) is 2.02. The SMILES string of the molecule is Cc1ccncc1NC(=O)c1cccc(Br)n1. The third-order valence-corrected chi connectivity index (χ3v) is 2.68. The van der Waals surface area contributed by atoms with Crippen LogP contribution in [0.25, 0.3) is 0 Å². The number of carbonyl (C=O) groups excluding carboxylic acids is 1. The zero-order chi connectivity index (χ0) is 12.3. The minimum atomic E-state index is -0.248. The molecule has 0 saturated heterocycles. The highest BCUT2D eigenvalue weighted by Crippen LogP contribution is 2.13. The maximum Gasteiger partial charge on any atom is 0.274 e. The molecule has 0 saturated carbocycles. The number of anilines is 1. The van der Waals surface area contributed by atoms with E-state index in [2.05, 4.69) is 31.2 Å². The predicted octanol–water partition coefficient (Wildman–Crippen LogP) is 2.80. The molecule has 2 rings (SSSR count). The van der Waals surface area contributed by atoms with Gasteiger partial charge in [0.05, 0.1) is 11.9 Å². The van der Waals surface area contributed by atoms with Crippen LogP contribution in [0.1, 0.15) is 16.1 Å². The van der Waals surface area contributed by atoms with Crippen molar-refractivity contribution in [1.29, 1.82) is 0 Å². The summed E-state index contributed by atoms with van der Waals surface area (Å²) >= 11 is 3.23. The van der Waals surface area contributed by atoms with E-state index in [9.17, 15) is 4.79 Å². The molecule has 4 nitrogen and oxygen atoms in total. The lowest BCUT2D eigenvalue weighted by Gasteiger charge is -2.06. The number of nitrogens with one attached hydrogen (secondary N) is 1. The molecule has 0 unspecified atom stereocenters. The van der Waals surface area contributed by atoms with E-state index in [1.165, 1.54) is 0 Å². The van der Waals surface area contributed by atoms with Crippen LogP contribution in [0.15, 0.2) is 41.3 Å². The Morgan fingerprint density at radius 1 is 1.35 bits per heavy atom. The third kappa shape index (κ3) is 2.88. The second kappa shape index (κ2) is 5.05. The van der Waals surface area contributed by atoms with Crippen LogP contribution in [0.2, 0.25) is 0 Å². The van der Waals surface area contributed by atoms with Crippen molar-refractivity contribution in [3.05, 3.63) is 52.5 Å². The van der Waals surface area contributed by atoms with Gasteiger partial charge in [0.25, 0.3) is 5.91 Å². The average molecular weight is 292 g/mol. The van der Waals surface area contributed by atoms with Gasteiger partial charge in [-0.3, -0.25) is 9.78 Å². The number of nitrogens with zero attached hydrogens (tertiary/aromatic N) is 2. The van der Waals surface area contributed by atoms with Gasteiger partial charge in [0.1, 0.15) is 10.3 Å². The highest BCUT2D eigenvalue weighted by molar-refractivity contribution is 9.10. The molecule has 86 valence electrons. The van der Waals surface area contributed by atoms with E-state index in [4.69, 9.17) is 0 Å². The number of amides is 1. The molecule has 0 spiro atoms. The van der Waals surface area contributed by atoms with Crippen LogP contribution in [0.3, 0.4) is 0 Å². The summed E-state index contributed by atoms with van der Waals surface area (Å²) in [5, 5.41) is 2.77. The largest absolute Gasteiger partial charge is 0.319 e. The first-order valence-electron chi connectivity index (χ1n) is 5.01. The summed E-state index contributed by atoms with van der Waals surface area (Å²) in [7, 11) is 0. The molecule has 0 bridgehead atoms. The van der Waals surface area contributed by atoms with E-state index in [1.54, 1.807) is 30.6 Å². The average Bonchev–Trinajstić information content (AvgIpc) is 2.32. The van der Waals surface area contributed by atoms with Crippen LogP contribution in [-0.4, -0.2) is 15.9 Å². The Morgan fingerprint density at radius 2 is 2.18 bits per heavy atom. The van der Waals surface area contributed by atoms with Crippen LogP contribution in [-0.2, 0) is 0 Å². The molecule has 2 aromatic heterocycles. The summed E-state index contributed by atoms with van der Waals surface area (Å²) in [6.07, 6.45) is 3.30. The van der Waals surface area contributed by atoms with Gasteiger partial charge in [-0.1, -0.05) is 6.07 Å². The maximum atomic E-state index is 11.9. The van der Waals surface area contributed by atoms with Crippen LogP contribution < -0.4 is 5.32 Å². The van der Waals surface area contributed by atoms with Crippen LogP contribution in [0.5, 0.6) is 0 Å². The molecule has 5 heteroatoms. The van der Waals surface area contributed by atoms with E-state index in [-0.39, 0.29) is 5.91 Å². The zero-order valence-corrected chi connectivity index (χ0v) is 10.7. The number of rotatable bonds is 2. The summed E-state index contributed by atoms with van der Waals surface area (Å²) in [6.45, 7) is 1.91. The number of hydrogen-bond acceptors (Lipinski definition) is 3. The number of halogens is 1. The molecule has 0 radical (unpaired) electrons. The number of aromatic nitrogens is 2. The molecule has 1 N–H and O–H groups in total. The van der Waals surface area contributed by atoms with Gasteiger partial charge in [-0.2, -0.15) is 0 Å². The Morgan fingerprint density at radius 3 is 2.88 bits per heavy atom. The number of aryl methyl sites for hydroxylation is 1. The lowest BCUT2D eigenvalue weighted by molar-refractivity contribution is 0.102. The number of carbonyl (C=O) groups is 1. The van der Waals surface area contributed by atoms with Gasteiger partial charge in [-0.25, -0.2) is 4.98 Å². The molecule has 0 atom stereocenters. The Balaban J connectivity index is 2.20. The summed E-state index contributed by atoms with van der Waals surface area (Å²) in [5.74, 6) is -0.248. The Hall–Kier alpha value is -1.75. The first-order chi connectivity index (χ1) is 8.16. The molecule has 17 heavy (non-hydrogen) atoms. The maximum absolute atomic E-state index is 11.9. The highest BCUT2D eigenvalue weighted by atomic mass is 79.9. The van der Waals surface area contributed by atoms with Gasteiger partial charge in [0, 0.05) is 6.20 Å². The standard InChI is InChI=1S/C12H10BrN3O/c1-8-5-6-14-7-10(8)16-12(17)9-3-2-4-11(13)15-9/h2-7H,1H3,(H,16,17). The first-order valence-corrected chi connectivity index (χ1v) is 5.80. The lowest BCUT2D eigenvalue weighted by Crippen LogP contribution is -2.14. The quantitative estimate of drug-likeness (QED) is 0.866. The van der Waals surface area contributed by atoms with E-state index >= 15 is 0 Å². The van der Waals surface area contributed by atoms with Gasteiger partial charge >= 0.3 is 0 Å². The minimum Gasteiger partial charge on any atom is -0.319 e. The van der Waals surface area contributed by atoms with Gasteiger partial charge < -0.3 is 5.32 Å². The molecular weight excluding hydrogens is 282 g/mol. The topological polar surface area (TPSA) is 54.9 Å². The second-order valence-corrected chi connectivity index (χ2v) is 4.30. The Kier molecular flexibility index (Phi) is 3.49. The molecule has 2 heterocycles. The van der Waals surface area contributed by atoms with Crippen molar-refractivity contribution in [2.24, 2.45) is 0 Å². The predicted molar refractivity (Wildman–Crippen MR) is 68.9 cm³/mol. The number of pyridine rings is 2. The zero-order valence-electron chi connectivity index (χ0n) is 9.14. The molecule has 1 amide bonds. The molecule has 0 aliphatic carbocycles. The third-order valence-electron chi connectivity index (χ3n) is 2.24. The van der Waals surface area contributed by atoms with E-state index < -0.39 is 0 Å². The fraction of sp³-hybridized carbons (Fsp3) is 0.0833. The molecular formula is C12H10BrN3O. The van der Waals surface area contributed by atoms with E-state index in [0.717, 1.165) is 5.56 Å². The van der Waals surface area contributed by atoms with Gasteiger partial charge in [0.2, 0.25) is 0 Å². The monoisotopic (exact) mass is 291 g/mol. The van der Waals surface area contributed by atoms with Gasteiger partial charge in [0.15, 0.2) is 0 Å². The van der Waals surface area contributed by atoms with Crippen molar-refractivity contribution in [3.63, 3.8) is 0 Å². The minimum absolute atomic E-state index is 0.248. The Labute approximate surface area is 107 Å². The smallest absolute Gasteiger partial charge is 0.274 e. The van der Waals surface area contributed by atoms with Crippen molar-refractivity contribution < 1.29 is 4.79 Å². The number of hydrogen-bond donors (Lipinski definition) is 1. The highest BCUT2D eigenvalue weighted by Gasteiger charge is 2.09. The van der Waals surface area contributed by atoms with E-state index in [1.807, 2.05) is 13.0 Å². The molecule has 0 fully saturated rings. The van der Waals surface area contributed by atoms with Crippen LogP contribution in [0, 0.1) is 6.92 Å². The van der Waals surface area contributed by atoms with Gasteiger partial charge in [-0.15, -0.1) is 0 Å². The molecule has 0 aromatic carbocycles. The Bertz CT molecular complexity index is 557. The normalized spacial score (nSPS) is 10.0. The summed E-state index contributed by atoms with van der Waals surface area (Å²) in [6, 6.07) is 7.03. The van der Waals surface area contributed by atoms with E-state index in [0.29, 0.717) is 16.0 Å². The van der Waals surface area contributed by atoms with Crippen LogP contribution in [0.4, 0.5) is 5.69 Å². The fourth-order valence-corrected chi connectivity index (χ4v) is 1.66. The van der Waals surface area contributed by atoms with Crippen molar-refractivity contribution in [2.45, 2.75) is 6.92 Å². The van der Waals surface area contributed by atoms with Crippen LogP contribution >= 0.6 is 15.9 Å². The summed E-state index contributed by atoms with van der Waals surface area (Å²) in [4.78, 5) is 19.9.